The first kappa shape index (κ1) is 20.9. The Morgan fingerprint density at radius 1 is 1.03 bits per heavy atom. The molecule has 3 heterocycles. The molecule has 0 aliphatic carbocycles. The van der Waals surface area contributed by atoms with Crippen molar-refractivity contribution in [3.05, 3.63) is 69.5 Å². The lowest BCUT2D eigenvalue weighted by Crippen LogP contribution is -2.49. The highest BCUT2D eigenvalue weighted by molar-refractivity contribution is 9.10. The molecule has 0 bridgehead atoms. The third kappa shape index (κ3) is 4.23. The number of aromatic nitrogens is 3. The number of amides is 1. The largest absolute Gasteiger partial charge is 0.353 e. The van der Waals surface area contributed by atoms with Crippen molar-refractivity contribution in [3.8, 4) is 5.69 Å². The van der Waals surface area contributed by atoms with Gasteiger partial charge in [-0.15, -0.1) is 0 Å². The predicted molar refractivity (Wildman–Crippen MR) is 123 cm³/mol. The number of nitrogens with zero attached hydrogens (tertiary/aromatic N) is 5. The molecule has 4 rings (SSSR count). The van der Waals surface area contributed by atoms with Crippen molar-refractivity contribution in [2.75, 3.05) is 31.1 Å². The van der Waals surface area contributed by atoms with E-state index in [1.807, 2.05) is 46.0 Å². The number of pyridine rings is 1. The van der Waals surface area contributed by atoms with Crippen LogP contribution in [-0.4, -0.2) is 51.8 Å². The highest BCUT2D eigenvalue weighted by atomic mass is 79.9. The van der Waals surface area contributed by atoms with Crippen molar-refractivity contribution in [1.82, 2.24) is 19.7 Å². The molecule has 156 valence electrons. The highest BCUT2D eigenvalue weighted by Crippen LogP contribution is 2.26. The summed E-state index contributed by atoms with van der Waals surface area (Å²) in [6, 6.07) is 11.5. The fraction of sp³-hybridized carbons (Fsp3) is 0.318. The first-order chi connectivity index (χ1) is 14.4. The van der Waals surface area contributed by atoms with Gasteiger partial charge in [0.2, 0.25) is 0 Å². The maximum atomic E-state index is 13.3. The van der Waals surface area contributed by atoms with Crippen LogP contribution >= 0.6 is 27.5 Å². The summed E-state index contributed by atoms with van der Waals surface area (Å²) in [4.78, 5) is 21.9. The van der Waals surface area contributed by atoms with Gasteiger partial charge in [-0.2, -0.15) is 5.10 Å². The van der Waals surface area contributed by atoms with E-state index < -0.39 is 0 Å². The fourth-order valence-electron chi connectivity index (χ4n) is 3.73. The first-order valence-corrected chi connectivity index (χ1v) is 11.1. The van der Waals surface area contributed by atoms with Crippen LogP contribution in [0.25, 0.3) is 5.69 Å². The summed E-state index contributed by atoms with van der Waals surface area (Å²) in [5.74, 6) is 1.11. The van der Waals surface area contributed by atoms with Gasteiger partial charge < -0.3 is 9.80 Å². The van der Waals surface area contributed by atoms with E-state index in [4.69, 9.17) is 11.6 Å². The first-order valence-electron chi connectivity index (χ1n) is 9.93. The highest BCUT2D eigenvalue weighted by Gasteiger charge is 2.27. The van der Waals surface area contributed by atoms with E-state index in [2.05, 4.69) is 44.8 Å². The van der Waals surface area contributed by atoms with E-state index in [0.29, 0.717) is 23.7 Å². The smallest absolute Gasteiger partial charge is 0.257 e. The van der Waals surface area contributed by atoms with Crippen LogP contribution in [0.3, 0.4) is 0 Å². The van der Waals surface area contributed by atoms with Crippen LogP contribution < -0.4 is 4.90 Å². The van der Waals surface area contributed by atoms with Gasteiger partial charge in [0.05, 0.1) is 23.1 Å². The Hall–Kier alpha value is -2.38. The Kier molecular flexibility index (Phi) is 6.11. The summed E-state index contributed by atoms with van der Waals surface area (Å²) < 4.78 is 2.80. The molecule has 30 heavy (non-hydrogen) atoms. The van der Waals surface area contributed by atoms with Gasteiger partial charge in [-0.05, 0) is 58.2 Å². The molecule has 6 nitrogen and oxygen atoms in total. The zero-order chi connectivity index (χ0) is 21.3. The summed E-state index contributed by atoms with van der Waals surface area (Å²) in [7, 11) is 0. The Morgan fingerprint density at radius 3 is 2.33 bits per heavy atom. The molecule has 0 spiro atoms. The summed E-state index contributed by atoms with van der Waals surface area (Å²) in [6.07, 6.45) is 3.49. The lowest BCUT2D eigenvalue weighted by Gasteiger charge is -2.35. The summed E-state index contributed by atoms with van der Waals surface area (Å²) in [5.41, 5.74) is 2.47. The average molecular weight is 489 g/mol. The molecule has 1 aromatic carbocycles. The van der Waals surface area contributed by atoms with Gasteiger partial charge >= 0.3 is 0 Å². The van der Waals surface area contributed by atoms with E-state index in [1.165, 1.54) is 0 Å². The maximum Gasteiger partial charge on any atom is 0.257 e. The Labute approximate surface area is 189 Å². The van der Waals surface area contributed by atoms with Gasteiger partial charge in [-0.25, -0.2) is 9.67 Å². The number of rotatable bonds is 4. The van der Waals surface area contributed by atoms with Crippen LogP contribution in [0.4, 0.5) is 5.82 Å². The van der Waals surface area contributed by atoms with Gasteiger partial charge in [0, 0.05) is 41.9 Å². The minimum atomic E-state index is 0.0299. The minimum Gasteiger partial charge on any atom is -0.353 e. The van der Waals surface area contributed by atoms with Crippen molar-refractivity contribution in [3.63, 3.8) is 0 Å². The number of piperazine rings is 1. The number of anilines is 1. The third-order valence-electron chi connectivity index (χ3n) is 5.26. The molecule has 1 amide bonds. The minimum absolute atomic E-state index is 0.0299. The Morgan fingerprint density at radius 2 is 1.73 bits per heavy atom. The second-order valence-electron chi connectivity index (χ2n) is 7.60. The second kappa shape index (κ2) is 8.78. The van der Waals surface area contributed by atoms with Gasteiger partial charge in [-0.3, -0.25) is 4.79 Å². The van der Waals surface area contributed by atoms with Gasteiger partial charge in [0.15, 0.2) is 0 Å². The quantitative estimate of drug-likeness (QED) is 0.531. The molecule has 8 heteroatoms. The molecule has 0 unspecified atom stereocenters. The predicted octanol–water partition coefficient (Wildman–Crippen LogP) is 4.77. The van der Waals surface area contributed by atoms with Crippen LogP contribution in [0.5, 0.6) is 0 Å². The molecule has 1 fully saturated rings. The summed E-state index contributed by atoms with van der Waals surface area (Å²) in [6.45, 7) is 6.97. The van der Waals surface area contributed by atoms with Gasteiger partial charge in [-0.1, -0.05) is 25.4 Å². The van der Waals surface area contributed by atoms with Crippen LogP contribution in [0.2, 0.25) is 5.02 Å². The number of carbonyl (C=O) groups excluding carboxylic acids is 1. The van der Waals surface area contributed by atoms with E-state index >= 15 is 0 Å². The standard InChI is InChI=1S/C22H23BrClN5O/c1-15(2)21-19(14-26-29(21)18-6-4-17(24)5-7-18)22(30)28-11-9-27(10-12-28)20-8-3-16(23)13-25-20/h3-8,13-15H,9-12H2,1-2H3. The van der Waals surface area contributed by atoms with Crippen molar-refractivity contribution in [2.45, 2.75) is 19.8 Å². The molecular formula is C22H23BrClN5O. The molecular weight excluding hydrogens is 466 g/mol. The van der Waals surface area contributed by atoms with E-state index in [-0.39, 0.29) is 11.8 Å². The Bertz CT molecular complexity index is 1020. The van der Waals surface area contributed by atoms with Gasteiger partial charge in [0.1, 0.15) is 5.82 Å². The Balaban J connectivity index is 1.52. The molecule has 0 atom stereocenters. The van der Waals surface area contributed by atoms with E-state index in [9.17, 15) is 4.79 Å². The van der Waals surface area contributed by atoms with Crippen molar-refractivity contribution in [2.24, 2.45) is 0 Å². The molecule has 0 saturated carbocycles. The lowest BCUT2D eigenvalue weighted by atomic mass is 10.0. The molecule has 0 radical (unpaired) electrons. The molecule has 1 saturated heterocycles. The average Bonchev–Trinajstić information content (AvgIpc) is 3.20. The maximum absolute atomic E-state index is 13.3. The van der Waals surface area contributed by atoms with Gasteiger partial charge in [0.25, 0.3) is 5.91 Å². The van der Waals surface area contributed by atoms with E-state index in [0.717, 1.165) is 34.8 Å². The third-order valence-corrected chi connectivity index (χ3v) is 5.98. The van der Waals surface area contributed by atoms with Crippen LogP contribution in [0.15, 0.2) is 53.3 Å². The van der Waals surface area contributed by atoms with Crippen molar-refractivity contribution < 1.29 is 4.79 Å². The molecule has 2 aromatic heterocycles. The normalized spacial score (nSPS) is 14.4. The van der Waals surface area contributed by atoms with Crippen molar-refractivity contribution >= 4 is 39.3 Å². The zero-order valence-electron chi connectivity index (χ0n) is 16.9. The molecule has 1 aliphatic rings. The summed E-state index contributed by atoms with van der Waals surface area (Å²) in [5, 5.41) is 5.20. The molecule has 1 aliphatic heterocycles. The number of hydrogen-bond donors (Lipinski definition) is 0. The lowest BCUT2D eigenvalue weighted by molar-refractivity contribution is 0.0745. The number of halogens is 2. The number of benzene rings is 1. The zero-order valence-corrected chi connectivity index (χ0v) is 19.3. The van der Waals surface area contributed by atoms with Crippen LogP contribution in [-0.2, 0) is 0 Å². The fourth-order valence-corrected chi connectivity index (χ4v) is 4.09. The molecule has 3 aromatic rings. The summed E-state index contributed by atoms with van der Waals surface area (Å²) >= 11 is 9.44. The SMILES string of the molecule is CC(C)c1c(C(=O)N2CCN(c3ccc(Br)cn3)CC2)cnn1-c1ccc(Cl)cc1. The molecule has 0 N–H and O–H groups in total. The monoisotopic (exact) mass is 487 g/mol. The van der Waals surface area contributed by atoms with Crippen LogP contribution in [0, 0.1) is 0 Å². The van der Waals surface area contributed by atoms with Crippen molar-refractivity contribution in [1.29, 1.82) is 0 Å². The topological polar surface area (TPSA) is 54.3 Å². The van der Waals surface area contributed by atoms with E-state index in [1.54, 1.807) is 12.4 Å². The number of carbonyl (C=O) groups is 1. The number of hydrogen-bond acceptors (Lipinski definition) is 4. The van der Waals surface area contributed by atoms with Crippen LogP contribution in [0.1, 0.15) is 35.8 Å². The second-order valence-corrected chi connectivity index (χ2v) is 8.95.